The van der Waals surface area contributed by atoms with Crippen molar-refractivity contribution in [3.8, 4) is 11.3 Å². The molecule has 0 amide bonds. The Bertz CT molecular complexity index is 967. The molecular formula is C20H16FNO2. The number of carboxylic acids is 1. The fraction of sp³-hybridized carbons (Fsp3) is 0.150. The summed E-state index contributed by atoms with van der Waals surface area (Å²) in [6, 6.07) is 13.0. The first-order valence-corrected chi connectivity index (χ1v) is 7.94. The summed E-state index contributed by atoms with van der Waals surface area (Å²) in [7, 11) is 0. The first kappa shape index (κ1) is 14.7. The summed E-state index contributed by atoms with van der Waals surface area (Å²) in [6.07, 6.45) is 4.82. The Morgan fingerprint density at radius 3 is 2.71 bits per heavy atom. The molecule has 4 heteroatoms. The van der Waals surface area contributed by atoms with Crippen LogP contribution < -0.4 is 0 Å². The minimum absolute atomic E-state index is 0.140. The molecule has 4 rings (SSSR count). The van der Waals surface area contributed by atoms with Crippen LogP contribution in [0.15, 0.2) is 48.5 Å². The summed E-state index contributed by atoms with van der Waals surface area (Å²) in [5.74, 6) is -0.722. The third kappa shape index (κ3) is 2.83. The number of carbonyl (C=O) groups is 1. The Labute approximate surface area is 138 Å². The number of aliphatic carboxylic acids is 1. The third-order valence-corrected chi connectivity index (χ3v) is 4.39. The van der Waals surface area contributed by atoms with Crippen LogP contribution in [0.1, 0.15) is 29.9 Å². The third-order valence-electron chi connectivity index (χ3n) is 4.39. The number of carboxylic acid groups (broad SMARTS) is 1. The molecule has 120 valence electrons. The average molecular weight is 321 g/mol. The number of fused-ring (bicyclic) bond motifs is 1. The fourth-order valence-corrected chi connectivity index (χ4v) is 3.00. The van der Waals surface area contributed by atoms with E-state index in [1.807, 2.05) is 36.4 Å². The number of rotatable bonds is 4. The van der Waals surface area contributed by atoms with Gasteiger partial charge in [0.25, 0.3) is 0 Å². The molecule has 1 fully saturated rings. The van der Waals surface area contributed by atoms with Gasteiger partial charge in [0, 0.05) is 28.2 Å². The van der Waals surface area contributed by atoms with Gasteiger partial charge in [0.1, 0.15) is 5.82 Å². The Morgan fingerprint density at radius 1 is 1.17 bits per heavy atom. The number of aromatic amines is 1. The standard InChI is InChI=1S/C20H16FNO2/c21-17-10-14(5-6-16(17)13-3-4-13)19-11-15-9-12(2-8-20(23)24)1-7-18(15)22-19/h1-2,5-11,13,22H,3-4H2,(H,23,24)/b8-2+. The van der Waals surface area contributed by atoms with Crippen molar-refractivity contribution < 1.29 is 14.3 Å². The molecular weight excluding hydrogens is 305 g/mol. The number of aromatic nitrogens is 1. The van der Waals surface area contributed by atoms with Crippen molar-refractivity contribution in [1.29, 1.82) is 0 Å². The Hall–Kier alpha value is -2.88. The van der Waals surface area contributed by atoms with Gasteiger partial charge in [-0.15, -0.1) is 0 Å². The Balaban J connectivity index is 1.69. The van der Waals surface area contributed by atoms with Crippen molar-refractivity contribution in [2.45, 2.75) is 18.8 Å². The van der Waals surface area contributed by atoms with E-state index in [1.54, 1.807) is 12.1 Å². The van der Waals surface area contributed by atoms with Gasteiger partial charge in [-0.3, -0.25) is 0 Å². The lowest BCUT2D eigenvalue weighted by Crippen LogP contribution is -1.88. The normalized spacial score (nSPS) is 14.5. The quantitative estimate of drug-likeness (QED) is 0.668. The molecule has 2 aromatic carbocycles. The first-order valence-electron chi connectivity index (χ1n) is 7.94. The minimum atomic E-state index is -0.976. The summed E-state index contributed by atoms with van der Waals surface area (Å²) in [4.78, 5) is 13.9. The molecule has 0 radical (unpaired) electrons. The zero-order chi connectivity index (χ0) is 16.7. The highest BCUT2D eigenvalue weighted by atomic mass is 19.1. The van der Waals surface area contributed by atoms with Gasteiger partial charge in [0.2, 0.25) is 0 Å². The highest BCUT2D eigenvalue weighted by Crippen LogP contribution is 2.42. The second-order valence-electron chi connectivity index (χ2n) is 6.21. The molecule has 24 heavy (non-hydrogen) atoms. The highest BCUT2D eigenvalue weighted by molar-refractivity contribution is 5.90. The van der Waals surface area contributed by atoms with Crippen LogP contribution in [0, 0.1) is 5.82 Å². The second-order valence-corrected chi connectivity index (χ2v) is 6.21. The summed E-state index contributed by atoms with van der Waals surface area (Å²) < 4.78 is 14.2. The number of H-pyrrole nitrogens is 1. The zero-order valence-corrected chi connectivity index (χ0v) is 12.9. The predicted molar refractivity (Wildman–Crippen MR) is 92.3 cm³/mol. The lowest BCUT2D eigenvalue weighted by molar-refractivity contribution is -0.131. The monoisotopic (exact) mass is 321 g/mol. The molecule has 1 aliphatic carbocycles. The van der Waals surface area contributed by atoms with Crippen LogP contribution in [0.2, 0.25) is 0 Å². The maximum Gasteiger partial charge on any atom is 0.328 e. The van der Waals surface area contributed by atoms with E-state index in [2.05, 4.69) is 4.98 Å². The molecule has 0 bridgehead atoms. The molecule has 3 aromatic rings. The van der Waals surface area contributed by atoms with Gasteiger partial charge in [-0.25, -0.2) is 9.18 Å². The molecule has 0 spiro atoms. The van der Waals surface area contributed by atoms with Crippen LogP contribution in [0.5, 0.6) is 0 Å². The summed E-state index contributed by atoms with van der Waals surface area (Å²) in [6.45, 7) is 0. The summed E-state index contributed by atoms with van der Waals surface area (Å²) in [5.41, 5.74) is 4.23. The molecule has 3 nitrogen and oxygen atoms in total. The van der Waals surface area contributed by atoms with Crippen molar-refractivity contribution in [2.75, 3.05) is 0 Å². The number of nitrogens with one attached hydrogen (secondary N) is 1. The predicted octanol–water partition coefficient (Wildman–Crippen LogP) is 4.95. The zero-order valence-electron chi connectivity index (χ0n) is 12.9. The van der Waals surface area contributed by atoms with Gasteiger partial charge in [-0.05, 0) is 60.2 Å². The highest BCUT2D eigenvalue weighted by Gasteiger charge is 2.26. The minimum Gasteiger partial charge on any atom is -0.478 e. The largest absolute Gasteiger partial charge is 0.478 e. The number of hydrogen-bond acceptors (Lipinski definition) is 1. The fourth-order valence-electron chi connectivity index (χ4n) is 3.00. The molecule has 0 atom stereocenters. The SMILES string of the molecule is O=C(O)/C=C/c1ccc2[nH]c(-c3ccc(C4CC4)c(F)c3)cc2c1. The van der Waals surface area contributed by atoms with Crippen LogP contribution in [-0.4, -0.2) is 16.1 Å². The average Bonchev–Trinajstić information content (AvgIpc) is 3.31. The molecule has 1 saturated carbocycles. The van der Waals surface area contributed by atoms with Gasteiger partial charge in [-0.1, -0.05) is 18.2 Å². The van der Waals surface area contributed by atoms with E-state index in [1.165, 1.54) is 0 Å². The Morgan fingerprint density at radius 2 is 2.00 bits per heavy atom. The maximum atomic E-state index is 14.2. The van der Waals surface area contributed by atoms with E-state index >= 15 is 0 Å². The maximum absolute atomic E-state index is 14.2. The van der Waals surface area contributed by atoms with E-state index in [-0.39, 0.29) is 5.82 Å². The smallest absolute Gasteiger partial charge is 0.328 e. The van der Waals surface area contributed by atoms with E-state index < -0.39 is 5.97 Å². The van der Waals surface area contributed by atoms with E-state index in [4.69, 9.17) is 5.11 Å². The summed E-state index contributed by atoms with van der Waals surface area (Å²) >= 11 is 0. The van der Waals surface area contributed by atoms with Gasteiger partial charge >= 0.3 is 5.97 Å². The topological polar surface area (TPSA) is 53.1 Å². The van der Waals surface area contributed by atoms with Crippen LogP contribution in [-0.2, 0) is 4.79 Å². The molecule has 0 saturated heterocycles. The van der Waals surface area contributed by atoms with Gasteiger partial charge in [0.05, 0.1) is 0 Å². The van der Waals surface area contributed by atoms with Crippen LogP contribution in [0.25, 0.3) is 28.2 Å². The van der Waals surface area contributed by atoms with Crippen molar-refractivity contribution in [2.24, 2.45) is 0 Å². The van der Waals surface area contributed by atoms with Gasteiger partial charge in [0.15, 0.2) is 0 Å². The van der Waals surface area contributed by atoms with Crippen LogP contribution >= 0.6 is 0 Å². The molecule has 2 N–H and O–H groups in total. The lowest BCUT2D eigenvalue weighted by Gasteiger charge is -2.03. The lowest BCUT2D eigenvalue weighted by atomic mass is 10.1. The number of benzene rings is 2. The molecule has 1 aromatic heterocycles. The molecule has 1 heterocycles. The number of halogens is 1. The second kappa shape index (κ2) is 5.64. The molecule has 0 unspecified atom stereocenters. The molecule has 0 aliphatic heterocycles. The summed E-state index contributed by atoms with van der Waals surface area (Å²) in [5, 5.41) is 9.67. The van der Waals surface area contributed by atoms with E-state index in [0.717, 1.165) is 52.2 Å². The van der Waals surface area contributed by atoms with Gasteiger partial charge in [-0.2, -0.15) is 0 Å². The first-order chi connectivity index (χ1) is 11.6. The van der Waals surface area contributed by atoms with Crippen molar-refractivity contribution >= 4 is 22.9 Å². The Kier molecular flexibility index (Phi) is 3.45. The van der Waals surface area contributed by atoms with Crippen molar-refractivity contribution in [3.05, 3.63) is 65.5 Å². The molecule has 1 aliphatic rings. The van der Waals surface area contributed by atoms with E-state index in [0.29, 0.717) is 5.92 Å². The van der Waals surface area contributed by atoms with E-state index in [9.17, 15) is 9.18 Å². The van der Waals surface area contributed by atoms with Crippen molar-refractivity contribution in [3.63, 3.8) is 0 Å². The van der Waals surface area contributed by atoms with Gasteiger partial charge < -0.3 is 10.1 Å². The van der Waals surface area contributed by atoms with Crippen molar-refractivity contribution in [1.82, 2.24) is 4.98 Å². The van der Waals surface area contributed by atoms with Crippen LogP contribution in [0.3, 0.4) is 0 Å². The number of hydrogen-bond donors (Lipinski definition) is 2. The van der Waals surface area contributed by atoms with Crippen LogP contribution in [0.4, 0.5) is 4.39 Å².